The molecule has 1 amide bonds. The van der Waals surface area contributed by atoms with E-state index in [9.17, 15) is 9.90 Å². The van der Waals surface area contributed by atoms with Crippen molar-refractivity contribution in [1.82, 2.24) is 0 Å². The van der Waals surface area contributed by atoms with Gasteiger partial charge in [-0.25, -0.2) is 0 Å². The van der Waals surface area contributed by atoms with Crippen molar-refractivity contribution in [2.45, 2.75) is 43.6 Å². The van der Waals surface area contributed by atoms with Crippen molar-refractivity contribution in [3.8, 4) is 11.5 Å². The highest BCUT2D eigenvalue weighted by atomic mass is 32.2. The Morgan fingerprint density at radius 1 is 1.05 bits per heavy atom. The van der Waals surface area contributed by atoms with Crippen LogP contribution in [-0.4, -0.2) is 28.3 Å². The summed E-state index contributed by atoms with van der Waals surface area (Å²) >= 11 is 1.77. The molecule has 0 spiro atoms. The van der Waals surface area contributed by atoms with Gasteiger partial charge in [0, 0.05) is 44.4 Å². The number of phenolic OH excluding ortho intramolecular Hbond substituents is 1. The Labute approximate surface area is 244 Å². The Balaban J connectivity index is 1.13. The number of hydrogen-bond donors (Lipinski definition) is 5. The first-order valence-electron chi connectivity index (χ1n) is 13.6. The SMILES string of the molecule is Cc1c2c(c3ccccc3c1O)OC(C)(CCSc1ccc(NC(=O)/C=C/c3ccc(NC(=N)N)cc3)cc1)CC2. The first-order chi connectivity index (χ1) is 19.7. The van der Waals surface area contributed by atoms with Crippen LogP contribution in [0.4, 0.5) is 11.4 Å². The van der Waals surface area contributed by atoms with Crippen LogP contribution in [-0.2, 0) is 11.2 Å². The average Bonchev–Trinajstić information content (AvgIpc) is 2.96. The van der Waals surface area contributed by atoms with Crippen LogP contribution in [0.15, 0.2) is 83.8 Å². The number of fused-ring (bicyclic) bond motifs is 3. The molecule has 1 atom stereocenters. The molecule has 1 unspecified atom stereocenters. The number of rotatable bonds is 8. The third-order valence-electron chi connectivity index (χ3n) is 7.40. The summed E-state index contributed by atoms with van der Waals surface area (Å²) in [6.07, 6.45) is 5.89. The molecule has 0 radical (unpaired) electrons. The van der Waals surface area contributed by atoms with Gasteiger partial charge in [0.15, 0.2) is 5.96 Å². The Hall–Kier alpha value is -4.43. The predicted octanol–water partition coefficient (Wildman–Crippen LogP) is 7.08. The zero-order valence-corrected chi connectivity index (χ0v) is 24.0. The smallest absolute Gasteiger partial charge is 0.248 e. The number of carbonyl (C=O) groups is 1. The molecule has 210 valence electrons. The first-order valence-corrected chi connectivity index (χ1v) is 14.5. The Bertz CT molecular complexity index is 1620. The Kier molecular flexibility index (Phi) is 8.21. The minimum Gasteiger partial charge on any atom is -0.507 e. The second-order valence-electron chi connectivity index (χ2n) is 10.5. The molecule has 0 aromatic heterocycles. The number of nitrogens with two attached hydrogens (primary N) is 1. The minimum atomic E-state index is -0.281. The monoisotopic (exact) mass is 566 g/mol. The molecule has 0 saturated carbocycles. The highest BCUT2D eigenvalue weighted by molar-refractivity contribution is 7.99. The van der Waals surface area contributed by atoms with Gasteiger partial charge in [-0.3, -0.25) is 10.2 Å². The number of hydrogen-bond acceptors (Lipinski definition) is 5. The summed E-state index contributed by atoms with van der Waals surface area (Å²) in [6, 6.07) is 23.0. The van der Waals surface area contributed by atoms with E-state index < -0.39 is 0 Å². The summed E-state index contributed by atoms with van der Waals surface area (Å²) in [4.78, 5) is 13.5. The van der Waals surface area contributed by atoms with E-state index >= 15 is 0 Å². The molecule has 0 fully saturated rings. The third-order valence-corrected chi connectivity index (χ3v) is 8.41. The van der Waals surface area contributed by atoms with Gasteiger partial charge in [0.2, 0.25) is 5.91 Å². The van der Waals surface area contributed by atoms with Gasteiger partial charge >= 0.3 is 0 Å². The number of benzene rings is 4. The molecule has 1 heterocycles. The topological polar surface area (TPSA) is 120 Å². The Morgan fingerprint density at radius 2 is 1.71 bits per heavy atom. The van der Waals surface area contributed by atoms with Gasteiger partial charge < -0.3 is 26.2 Å². The molecule has 41 heavy (non-hydrogen) atoms. The molecule has 8 heteroatoms. The van der Waals surface area contributed by atoms with Crippen molar-refractivity contribution in [1.29, 1.82) is 5.41 Å². The normalized spacial score (nSPS) is 16.2. The van der Waals surface area contributed by atoms with E-state index in [1.807, 2.05) is 67.6 Å². The fraction of sp³-hybridized carbons (Fsp3) is 0.212. The quantitative estimate of drug-likeness (QED) is 0.0673. The van der Waals surface area contributed by atoms with Gasteiger partial charge in [-0.2, -0.15) is 0 Å². The maximum absolute atomic E-state index is 12.4. The van der Waals surface area contributed by atoms with E-state index in [1.54, 1.807) is 30.0 Å². The second kappa shape index (κ2) is 12.0. The summed E-state index contributed by atoms with van der Waals surface area (Å²) in [6.45, 7) is 4.15. The van der Waals surface area contributed by atoms with Crippen LogP contribution >= 0.6 is 11.8 Å². The molecule has 0 bridgehead atoms. The van der Waals surface area contributed by atoms with Crippen molar-refractivity contribution < 1.29 is 14.6 Å². The van der Waals surface area contributed by atoms with Gasteiger partial charge in [-0.1, -0.05) is 36.4 Å². The van der Waals surface area contributed by atoms with Crippen molar-refractivity contribution in [3.05, 3.63) is 95.6 Å². The lowest BCUT2D eigenvalue weighted by Gasteiger charge is -2.37. The van der Waals surface area contributed by atoms with Crippen LogP contribution in [0.3, 0.4) is 0 Å². The van der Waals surface area contributed by atoms with E-state index in [1.165, 1.54) is 6.08 Å². The number of amides is 1. The maximum atomic E-state index is 12.4. The molecule has 5 rings (SSSR count). The van der Waals surface area contributed by atoms with E-state index in [4.69, 9.17) is 15.9 Å². The van der Waals surface area contributed by atoms with Gasteiger partial charge in [-0.05, 0) is 86.7 Å². The third kappa shape index (κ3) is 6.66. The lowest BCUT2D eigenvalue weighted by atomic mass is 9.86. The summed E-state index contributed by atoms with van der Waals surface area (Å²) in [5.41, 5.74) is 9.38. The van der Waals surface area contributed by atoms with Crippen LogP contribution in [0.1, 0.15) is 36.5 Å². The van der Waals surface area contributed by atoms with Crippen molar-refractivity contribution >= 4 is 51.9 Å². The van der Waals surface area contributed by atoms with Crippen LogP contribution in [0.5, 0.6) is 11.5 Å². The summed E-state index contributed by atoms with van der Waals surface area (Å²) in [5, 5.41) is 25.4. The number of ether oxygens (including phenoxy) is 1. The molecule has 1 aliphatic heterocycles. The highest BCUT2D eigenvalue weighted by Gasteiger charge is 2.34. The van der Waals surface area contributed by atoms with Gasteiger partial charge in [0.05, 0.1) is 0 Å². The molecular weight excluding hydrogens is 532 g/mol. The lowest BCUT2D eigenvalue weighted by Crippen LogP contribution is -2.37. The van der Waals surface area contributed by atoms with Crippen molar-refractivity contribution in [3.63, 3.8) is 0 Å². The predicted molar refractivity (Wildman–Crippen MR) is 169 cm³/mol. The minimum absolute atomic E-state index is 0.123. The maximum Gasteiger partial charge on any atom is 0.248 e. The molecule has 0 saturated heterocycles. The molecule has 0 aliphatic carbocycles. The number of phenols is 1. The molecule has 4 aromatic carbocycles. The van der Waals surface area contributed by atoms with Gasteiger partial charge in [0.1, 0.15) is 17.1 Å². The van der Waals surface area contributed by atoms with Crippen LogP contribution in [0.2, 0.25) is 0 Å². The van der Waals surface area contributed by atoms with E-state index in [2.05, 4.69) is 17.6 Å². The molecule has 7 nitrogen and oxygen atoms in total. The lowest BCUT2D eigenvalue weighted by molar-refractivity contribution is -0.111. The first kappa shape index (κ1) is 28.1. The fourth-order valence-corrected chi connectivity index (χ4v) is 6.15. The van der Waals surface area contributed by atoms with Crippen LogP contribution in [0.25, 0.3) is 16.8 Å². The molecule has 1 aliphatic rings. The summed E-state index contributed by atoms with van der Waals surface area (Å²) in [7, 11) is 0. The van der Waals surface area contributed by atoms with Crippen molar-refractivity contribution in [2.24, 2.45) is 5.73 Å². The zero-order valence-electron chi connectivity index (χ0n) is 23.2. The van der Waals surface area contributed by atoms with Crippen LogP contribution < -0.4 is 21.1 Å². The number of nitrogens with one attached hydrogen (secondary N) is 3. The van der Waals surface area contributed by atoms with E-state index in [0.717, 1.165) is 68.8 Å². The van der Waals surface area contributed by atoms with Gasteiger partial charge in [-0.15, -0.1) is 11.8 Å². The average molecular weight is 567 g/mol. The van der Waals surface area contributed by atoms with Gasteiger partial charge in [0.25, 0.3) is 0 Å². The number of guanidine groups is 1. The molecular formula is C33H34N4O3S. The number of thioether (sulfide) groups is 1. The molecule has 6 N–H and O–H groups in total. The molecule has 4 aromatic rings. The fourth-order valence-electron chi connectivity index (χ4n) is 5.05. The standard InChI is InChI=1S/C33H34N4O3S/c1-21-26-17-18-33(2,40-31(26)28-6-4-3-5-27(28)30(21)39)19-20-41-25-14-12-23(13-15-25)36-29(38)16-9-22-7-10-24(11-8-22)37-32(34)35/h3-16,39H,17-20H2,1-2H3,(H,36,38)(H4,34,35,37)/b16-9+. The number of carbonyl (C=O) groups excluding carboxylic acids is 1. The van der Waals surface area contributed by atoms with E-state index in [-0.39, 0.29) is 17.5 Å². The highest BCUT2D eigenvalue weighted by Crippen LogP contribution is 2.46. The van der Waals surface area contributed by atoms with Crippen LogP contribution in [0, 0.1) is 12.3 Å². The number of aromatic hydroxyl groups is 1. The number of anilines is 2. The zero-order chi connectivity index (χ0) is 29.0. The van der Waals surface area contributed by atoms with Crippen molar-refractivity contribution in [2.75, 3.05) is 16.4 Å². The summed E-state index contributed by atoms with van der Waals surface area (Å²) in [5.74, 6) is 1.83. The van der Waals surface area contributed by atoms with E-state index in [0.29, 0.717) is 11.4 Å². The Morgan fingerprint density at radius 3 is 2.41 bits per heavy atom. The second-order valence-corrected chi connectivity index (χ2v) is 11.7. The largest absolute Gasteiger partial charge is 0.507 e. The summed E-state index contributed by atoms with van der Waals surface area (Å²) < 4.78 is 6.65.